The first-order valence-corrected chi connectivity index (χ1v) is 3.29. The van der Waals surface area contributed by atoms with Crippen molar-refractivity contribution < 1.29 is 9.84 Å². The van der Waals surface area contributed by atoms with E-state index in [9.17, 15) is 0 Å². The Balaban J connectivity index is 3.38. The minimum absolute atomic E-state index is 0.0415. The molecule has 0 aliphatic heterocycles. The van der Waals surface area contributed by atoms with E-state index in [2.05, 4.69) is 13.2 Å². The van der Waals surface area contributed by atoms with Crippen molar-refractivity contribution in [2.75, 3.05) is 13.2 Å². The Morgan fingerprint density at radius 1 is 1.40 bits per heavy atom. The first kappa shape index (κ1) is 9.40. The summed E-state index contributed by atoms with van der Waals surface area (Å²) in [5, 5.41) is 8.68. The molecule has 2 heteroatoms. The zero-order valence-electron chi connectivity index (χ0n) is 6.12. The highest BCUT2D eigenvalue weighted by molar-refractivity contribution is 4.74. The molecule has 0 fully saturated rings. The molecule has 0 heterocycles. The first-order valence-electron chi connectivity index (χ1n) is 3.29. The summed E-state index contributed by atoms with van der Waals surface area (Å²) in [5.41, 5.74) is 0. The lowest BCUT2D eigenvalue weighted by molar-refractivity contribution is 0.0308. The molecular weight excluding hydrogens is 128 g/mol. The van der Waals surface area contributed by atoms with Gasteiger partial charge in [-0.2, -0.15) is 0 Å². The van der Waals surface area contributed by atoms with E-state index in [1.807, 2.05) is 0 Å². The van der Waals surface area contributed by atoms with Crippen molar-refractivity contribution in [1.82, 2.24) is 0 Å². The average molecular weight is 142 g/mol. The Hall–Kier alpha value is -0.600. The van der Waals surface area contributed by atoms with E-state index in [1.54, 1.807) is 12.2 Å². The summed E-state index contributed by atoms with van der Waals surface area (Å²) >= 11 is 0. The normalized spacial score (nSPS) is 12.5. The van der Waals surface area contributed by atoms with Gasteiger partial charge < -0.3 is 9.84 Å². The van der Waals surface area contributed by atoms with Crippen LogP contribution in [0.1, 0.15) is 6.42 Å². The second-order valence-electron chi connectivity index (χ2n) is 1.95. The van der Waals surface area contributed by atoms with E-state index in [0.29, 0.717) is 13.0 Å². The Morgan fingerprint density at radius 2 is 2.10 bits per heavy atom. The van der Waals surface area contributed by atoms with Crippen molar-refractivity contribution in [3.8, 4) is 0 Å². The van der Waals surface area contributed by atoms with Gasteiger partial charge in [-0.1, -0.05) is 12.2 Å². The SMILES string of the molecule is C=CCO[C@H](CO)CC=C. The van der Waals surface area contributed by atoms with Crippen LogP contribution in [0.2, 0.25) is 0 Å². The van der Waals surface area contributed by atoms with Gasteiger partial charge in [-0.25, -0.2) is 0 Å². The average Bonchev–Trinajstić information content (AvgIpc) is 1.98. The van der Waals surface area contributed by atoms with Gasteiger partial charge in [-0.05, 0) is 6.42 Å². The molecule has 0 saturated heterocycles. The molecule has 0 unspecified atom stereocenters. The Kier molecular flexibility index (Phi) is 6.13. The number of rotatable bonds is 6. The number of hydrogen-bond donors (Lipinski definition) is 1. The summed E-state index contributed by atoms with van der Waals surface area (Å²) in [7, 11) is 0. The van der Waals surface area contributed by atoms with Crippen LogP contribution in [0.5, 0.6) is 0 Å². The minimum atomic E-state index is -0.115. The van der Waals surface area contributed by atoms with Gasteiger partial charge in [-0.3, -0.25) is 0 Å². The molecule has 1 atom stereocenters. The van der Waals surface area contributed by atoms with Crippen LogP contribution in [-0.4, -0.2) is 24.4 Å². The summed E-state index contributed by atoms with van der Waals surface area (Å²) in [6.45, 7) is 7.56. The second-order valence-corrected chi connectivity index (χ2v) is 1.95. The molecular formula is C8H14O2. The van der Waals surface area contributed by atoms with Gasteiger partial charge in [-0.15, -0.1) is 13.2 Å². The lowest BCUT2D eigenvalue weighted by Crippen LogP contribution is -2.16. The predicted molar refractivity (Wildman–Crippen MR) is 41.8 cm³/mol. The molecule has 0 rings (SSSR count). The highest BCUT2D eigenvalue weighted by atomic mass is 16.5. The zero-order chi connectivity index (χ0) is 7.82. The Morgan fingerprint density at radius 3 is 2.50 bits per heavy atom. The fourth-order valence-corrected chi connectivity index (χ4v) is 0.585. The molecule has 0 aromatic heterocycles. The molecule has 0 radical (unpaired) electrons. The summed E-state index contributed by atoms with van der Waals surface area (Å²) in [6.07, 6.45) is 3.95. The van der Waals surface area contributed by atoms with Crippen LogP contribution in [0.25, 0.3) is 0 Å². The molecule has 0 aliphatic carbocycles. The van der Waals surface area contributed by atoms with Crippen molar-refractivity contribution in [3.63, 3.8) is 0 Å². The van der Waals surface area contributed by atoms with Gasteiger partial charge in [0.05, 0.1) is 19.3 Å². The predicted octanol–water partition coefficient (Wildman–Crippen LogP) is 1.13. The Bertz CT molecular complexity index is 99.4. The summed E-state index contributed by atoms with van der Waals surface area (Å²) in [5.74, 6) is 0. The molecule has 1 N–H and O–H groups in total. The minimum Gasteiger partial charge on any atom is -0.394 e. The smallest absolute Gasteiger partial charge is 0.0844 e. The van der Waals surface area contributed by atoms with Crippen LogP contribution >= 0.6 is 0 Å². The van der Waals surface area contributed by atoms with E-state index in [0.717, 1.165) is 0 Å². The van der Waals surface area contributed by atoms with E-state index in [1.165, 1.54) is 0 Å². The van der Waals surface area contributed by atoms with E-state index >= 15 is 0 Å². The molecule has 2 nitrogen and oxygen atoms in total. The van der Waals surface area contributed by atoms with Crippen LogP contribution in [-0.2, 0) is 4.74 Å². The maximum Gasteiger partial charge on any atom is 0.0844 e. The number of aliphatic hydroxyl groups excluding tert-OH is 1. The van der Waals surface area contributed by atoms with Crippen molar-refractivity contribution in [1.29, 1.82) is 0 Å². The third kappa shape index (κ3) is 4.30. The van der Waals surface area contributed by atoms with Gasteiger partial charge in [0.2, 0.25) is 0 Å². The second kappa shape index (κ2) is 6.52. The van der Waals surface area contributed by atoms with Gasteiger partial charge in [0.1, 0.15) is 0 Å². The standard InChI is InChI=1S/C8H14O2/c1-3-5-8(7-9)10-6-4-2/h3-4,8-9H,1-2,5-7H2/t8-/m0/s1. The largest absolute Gasteiger partial charge is 0.394 e. The summed E-state index contributed by atoms with van der Waals surface area (Å²) in [4.78, 5) is 0. The highest BCUT2D eigenvalue weighted by Crippen LogP contribution is 1.97. The fourth-order valence-electron chi connectivity index (χ4n) is 0.585. The molecule has 0 bridgehead atoms. The first-order chi connectivity index (χ1) is 4.85. The molecule has 10 heavy (non-hydrogen) atoms. The third-order valence-corrected chi connectivity index (χ3v) is 1.08. The molecule has 0 aromatic rings. The quantitative estimate of drug-likeness (QED) is 0.563. The van der Waals surface area contributed by atoms with Gasteiger partial charge in [0, 0.05) is 0 Å². The van der Waals surface area contributed by atoms with Crippen molar-refractivity contribution >= 4 is 0 Å². The maximum atomic E-state index is 8.68. The van der Waals surface area contributed by atoms with E-state index in [4.69, 9.17) is 9.84 Å². The van der Waals surface area contributed by atoms with Crippen molar-refractivity contribution in [2.45, 2.75) is 12.5 Å². The molecule has 0 spiro atoms. The zero-order valence-corrected chi connectivity index (χ0v) is 6.12. The van der Waals surface area contributed by atoms with Crippen LogP contribution in [0, 0.1) is 0 Å². The molecule has 0 aliphatic rings. The molecule has 0 aromatic carbocycles. The summed E-state index contributed by atoms with van der Waals surface area (Å²) in [6, 6.07) is 0. The van der Waals surface area contributed by atoms with E-state index < -0.39 is 0 Å². The van der Waals surface area contributed by atoms with Gasteiger partial charge >= 0.3 is 0 Å². The van der Waals surface area contributed by atoms with Crippen LogP contribution in [0.15, 0.2) is 25.3 Å². The fraction of sp³-hybridized carbons (Fsp3) is 0.500. The van der Waals surface area contributed by atoms with Gasteiger partial charge in [0.25, 0.3) is 0 Å². The number of ether oxygens (including phenoxy) is 1. The van der Waals surface area contributed by atoms with Crippen molar-refractivity contribution in [3.05, 3.63) is 25.3 Å². The van der Waals surface area contributed by atoms with Gasteiger partial charge in [0.15, 0.2) is 0 Å². The molecule has 0 saturated carbocycles. The van der Waals surface area contributed by atoms with Crippen molar-refractivity contribution in [2.24, 2.45) is 0 Å². The number of hydrogen-bond acceptors (Lipinski definition) is 2. The highest BCUT2D eigenvalue weighted by Gasteiger charge is 2.02. The lowest BCUT2D eigenvalue weighted by Gasteiger charge is -2.10. The van der Waals surface area contributed by atoms with Crippen LogP contribution < -0.4 is 0 Å². The van der Waals surface area contributed by atoms with Crippen LogP contribution in [0.4, 0.5) is 0 Å². The van der Waals surface area contributed by atoms with Crippen LogP contribution in [0.3, 0.4) is 0 Å². The monoisotopic (exact) mass is 142 g/mol. The maximum absolute atomic E-state index is 8.68. The third-order valence-electron chi connectivity index (χ3n) is 1.08. The summed E-state index contributed by atoms with van der Waals surface area (Å²) < 4.78 is 5.14. The molecule has 58 valence electrons. The topological polar surface area (TPSA) is 29.5 Å². The van der Waals surface area contributed by atoms with E-state index in [-0.39, 0.29) is 12.7 Å². The Labute approximate surface area is 61.8 Å². The number of aliphatic hydroxyl groups is 1. The lowest BCUT2D eigenvalue weighted by atomic mass is 10.3. The molecule has 0 amide bonds.